The van der Waals surface area contributed by atoms with E-state index in [0.717, 1.165) is 43.7 Å². The minimum atomic E-state index is 0. The standard InChI is InChI=1S/C16H18N6O.3ClH/c23-15-13(9-11-10-19-14-12(11)3-1-5-18-14)20-16(21-15)22-7-2-4-17-6-8-22;;;/h1,3,5,9-10,17,23H,2,4,6-8H2,(H,20,21);3*1H/b11-9+;;;. The fourth-order valence-electron chi connectivity index (χ4n) is 2.87. The summed E-state index contributed by atoms with van der Waals surface area (Å²) in [4.78, 5) is 18.1. The molecule has 0 aromatic carbocycles. The molecule has 1 saturated heterocycles. The third-order valence-electron chi connectivity index (χ3n) is 4.06. The average molecular weight is 420 g/mol. The summed E-state index contributed by atoms with van der Waals surface area (Å²) in [5, 5.41) is 13.5. The average Bonchev–Trinajstić information content (AvgIpc) is 3.01. The van der Waals surface area contributed by atoms with E-state index in [-0.39, 0.29) is 43.1 Å². The second kappa shape index (κ2) is 9.78. The van der Waals surface area contributed by atoms with Crippen molar-refractivity contribution in [2.24, 2.45) is 4.99 Å². The maximum absolute atomic E-state index is 10.2. The molecule has 4 heterocycles. The number of hydrogen-bond donors (Lipinski definition) is 3. The molecule has 0 amide bonds. The zero-order valence-electron chi connectivity index (χ0n) is 13.9. The van der Waals surface area contributed by atoms with Crippen molar-refractivity contribution in [2.45, 2.75) is 6.42 Å². The third kappa shape index (κ3) is 4.48. The van der Waals surface area contributed by atoms with Gasteiger partial charge in [0.25, 0.3) is 0 Å². The van der Waals surface area contributed by atoms with Crippen LogP contribution in [0.1, 0.15) is 17.7 Å². The molecule has 0 radical (unpaired) electrons. The highest BCUT2D eigenvalue weighted by Gasteiger charge is 2.18. The minimum absolute atomic E-state index is 0. The highest BCUT2D eigenvalue weighted by molar-refractivity contribution is 6.20. The molecule has 0 aliphatic carbocycles. The second-order valence-corrected chi connectivity index (χ2v) is 5.62. The van der Waals surface area contributed by atoms with Crippen molar-refractivity contribution >= 4 is 66.9 Å². The molecular formula is C16H21Cl3N6O. The van der Waals surface area contributed by atoms with E-state index in [1.807, 2.05) is 18.2 Å². The Morgan fingerprint density at radius 3 is 2.85 bits per heavy atom. The fourth-order valence-corrected chi connectivity index (χ4v) is 2.87. The van der Waals surface area contributed by atoms with Crippen molar-refractivity contribution in [3.8, 4) is 5.88 Å². The predicted molar refractivity (Wildman–Crippen MR) is 112 cm³/mol. The smallest absolute Gasteiger partial charge is 0.238 e. The number of imidazole rings is 1. The first-order chi connectivity index (χ1) is 11.3. The van der Waals surface area contributed by atoms with Crippen LogP contribution in [0.25, 0.3) is 11.6 Å². The molecule has 0 spiro atoms. The molecule has 7 nitrogen and oxygen atoms in total. The number of halogens is 3. The number of aromatic hydroxyl groups is 1. The lowest BCUT2D eigenvalue weighted by Gasteiger charge is -2.18. The van der Waals surface area contributed by atoms with E-state index >= 15 is 0 Å². The lowest BCUT2D eigenvalue weighted by molar-refractivity contribution is 0.455. The summed E-state index contributed by atoms with van der Waals surface area (Å²) in [5.41, 5.74) is 2.47. The van der Waals surface area contributed by atoms with Crippen LogP contribution in [0.3, 0.4) is 0 Å². The molecule has 0 atom stereocenters. The molecule has 142 valence electrons. The van der Waals surface area contributed by atoms with Crippen LogP contribution in [0.4, 0.5) is 11.8 Å². The van der Waals surface area contributed by atoms with Crippen LogP contribution < -0.4 is 10.2 Å². The van der Waals surface area contributed by atoms with E-state index in [1.165, 1.54) is 0 Å². The molecule has 1 fully saturated rings. The number of aliphatic imine (C=N–C) groups is 1. The van der Waals surface area contributed by atoms with Crippen LogP contribution in [0.2, 0.25) is 0 Å². The molecular weight excluding hydrogens is 399 g/mol. The number of anilines is 1. The van der Waals surface area contributed by atoms with Gasteiger partial charge >= 0.3 is 0 Å². The van der Waals surface area contributed by atoms with Gasteiger partial charge in [-0.05, 0) is 31.2 Å². The number of nitrogens with zero attached hydrogens (tertiary/aromatic N) is 4. The van der Waals surface area contributed by atoms with Gasteiger partial charge < -0.3 is 20.3 Å². The Balaban J connectivity index is 0.00000113. The normalized spacial score (nSPS) is 16.9. The number of allylic oxidation sites excluding steroid dienone is 1. The van der Waals surface area contributed by atoms with Crippen molar-refractivity contribution < 1.29 is 5.11 Å². The van der Waals surface area contributed by atoms with Gasteiger partial charge in [0, 0.05) is 43.2 Å². The topological polar surface area (TPSA) is 89.4 Å². The van der Waals surface area contributed by atoms with Crippen LogP contribution in [-0.4, -0.2) is 52.5 Å². The minimum Gasteiger partial charge on any atom is -0.492 e. The Kier molecular flexibility index (Phi) is 8.36. The molecule has 10 heteroatoms. The Morgan fingerprint density at radius 1 is 1.15 bits per heavy atom. The Hall–Kier alpha value is -1.80. The first-order valence-electron chi connectivity index (χ1n) is 7.77. The Morgan fingerprint density at radius 2 is 2.00 bits per heavy atom. The van der Waals surface area contributed by atoms with Gasteiger partial charge in [-0.15, -0.1) is 37.2 Å². The first kappa shape index (κ1) is 22.2. The van der Waals surface area contributed by atoms with Gasteiger partial charge in [-0.2, -0.15) is 4.98 Å². The van der Waals surface area contributed by atoms with Gasteiger partial charge in [0.15, 0.2) is 5.82 Å². The lowest BCUT2D eigenvalue weighted by atomic mass is 10.1. The van der Waals surface area contributed by atoms with Gasteiger partial charge in [0.2, 0.25) is 11.8 Å². The number of H-pyrrole nitrogens is 1. The number of rotatable bonds is 2. The van der Waals surface area contributed by atoms with Crippen LogP contribution in [0.5, 0.6) is 5.88 Å². The summed E-state index contributed by atoms with van der Waals surface area (Å²) in [6, 6.07) is 3.85. The first-order valence-corrected chi connectivity index (χ1v) is 7.77. The summed E-state index contributed by atoms with van der Waals surface area (Å²) in [6.45, 7) is 3.73. The van der Waals surface area contributed by atoms with Crippen LogP contribution >= 0.6 is 37.2 Å². The van der Waals surface area contributed by atoms with E-state index in [0.29, 0.717) is 17.5 Å². The number of hydrogen-bond acceptors (Lipinski definition) is 6. The number of nitrogens with one attached hydrogen (secondary N) is 2. The monoisotopic (exact) mass is 418 g/mol. The number of pyridine rings is 1. The molecule has 4 rings (SSSR count). The fraction of sp³-hybridized carbons (Fsp3) is 0.312. The summed E-state index contributed by atoms with van der Waals surface area (Å²) < 4.78 is 0. The van der Waals surface area contributed by atoms with Gasteiger partial charge in [-0.1, -0.05) is 0 Å². The van der Waals surface area contributed by atoms with Crippen molar-refractivity contribution in [3.63, 3.8) is 0 Å². The van der Waals surface area contributed by atoms with Crippen LogP contribution in [-0.2, 0) is 0 Å². The molecule has 0 bridgehead atoms. The lowest BCUT2D eigenvalue weighted by Crippen LogP contribution is -2.28. The van der Waals surface area contributed by atoms with E-state index in [4.69, 9.17) is 0 Å². The van der Waals surface area contributed by atoms with E-state index in [9.17, 15) is 5.11 Å². The summed E-state index contributed by atoms with van der Waals surface area (Å²) in [6.07, 6.45) is 6.40. The second-order valence-electron chi connectivity index (χ2n) is 5.62. The van der Waals surface area contributed by atoms with E-state index in [1.54, 1.807) is 12.4 Å². The third-order valence-corrected chi connectivity index (χ3v) is 4.06. The number of fused-ring (bicyclic) bond motifs is 1. The van der Waals surface area contributed by atoms with Gasteiger partial charge in [-0.3, -0.25) is 0 Å². The van der Waals surface area contributed by atoms with Crippen molar-refractivity contribution in [1.29, 1.82) is 0 Å². The highest BCUT2D eigenvalue weighted by Crippen LogP contribution is 2.31. The zero-order chi connectivity index (χ0) is 15.6. The van der Waals surface area contributed by atoms with Gasteiger partial charge in [0.05, 0.1) is 0 Å². The summed E-state index contributed by atoms with van der Waals surface area (Å²) in [7, 11) is 0. The highest BCUT2D eigenvalue weighted by atomic mass is 35.5. The molecule has 26 heavy (non-hydrogen) atoms. The van der Waals surface area contributed by atoms with Gasteiger partial charge in [0.1, 0.15) is 5.69 Å². The summed E-state index contributed by atoms with van der Waals surface area (Å²) in [5.74, 6) is 1.42. The van der Waals surface area contributed by atoms with Crippen LogP contribution in [0, 0.1) is 0 Å². The quantitative estimate of drug-likeness (QED) is 0.696. The summed E-state index contributed by atoms with van der Waals surface area (Å²) >= 11 is 0. The SMILES string of the molecule is Cl.Cl.Cl.Oc1nc(N2CCCNCC2)[nH]c1/C=C1\C=Nc2ncccc21. The molecule has 2 aliphatic heterocycles. The molecule has 2 aromatic rings. The van der Waals surface area contributed by atoms with E-state index in [2.05, 4.69) is 30.2 Å². The predicted octanol–water partition coefficient (Wildman–Crippen LogP) is 2.83. The van der Waals surface area contributed by atoms with Crippen molar-refractivity contribution in [1.82, 2.24) is 20.3 Å². The number of aromatic amines is 1. The van der Waals surface area contributed by atoms with Crippen molar-refractivity contribution in [2.75, 3.05) is 31.1 Å². The van der Waals surface area contributed by atoms with Crippen LogP contribution in [0.15, 0.2) is 23.3 Å². The molecule has 2 aliphatic rings. The molecule has 2 aromatic heterocycles. The van der Waals surface area contributed by atoms with E-state index < -0.39 is 0 Å². The molecule has 3 N–H and O–H groups in total. The number of aromatic nitrogens is 3. The largest absolute Gasteiger partial charge is 0.492 e. The van der Waals surface area contributed by atoms with Gasteiger partial charge in [-0.25, -0.2) is 9.98 Å². The van der Waals surface area contributed by atoms with Crippen molar-refractivity contribution in [3.05, 3.63) is 29.6 Å². The molecule has 0 unspecified atom stereocenters. The Bertz CT molecular complexity index is 784. The molecule has 0 saturated carbocycles. The maximum Gasteiger partial charge on any atom is 0.238 e. The zero-order valence-corrected chi connectivity index (χ0v) is 16.3. The maximum atomic E-state index is 10.2. The Labute approximate surface area is 170 Å².